The number of hydrogen-bond donors (Lipinski definition) is 0. The van der Waals surface area contributed by atoms with Crippen LogP contribution < -0.4 is 0 Å². The maximum Gasteiger partial charge on any atom is 0.0703 e. The maximum absolute atomic E-state index is 6.38. The molecule has 0 aliphatic carbocycles. The Hall–Kier alpha value is -1.02. The summed E-state index contributed by atoms with van der Waals surface area (Å²) < 4.78 is 2.08. The fraction of sp³-hybridized carbons (Fsp3) is 0.562. The van der Waals surface area contributed by atoms with Gasteiger partial charge in [0.15, 0.2) is 0 Å². The van der Waals surface area contributed by atoms with Crippen LogP contribution in [0.1, 0.15) is 39.3 Å². The average molecular weight is 279 g/mol. The van der Waals surface area contributed by atoms with Gasteiger partial charge in [-0.15, -0.1) is 11.6 Å². The molecular formula is C16H23ClN2. The first-order chi connectivity index (χ1) is 9.11. The average Bonchev–Trinajstić information content (AvgIpc) is 2.74. The Balaban J connectivity index is 2.12. The van der Waals surface area contributed by atoms with Crippen LogP contribution in [0, 0.1) is 5.92 Å². The Bertz CT molecular complexity index is 531. The summed E-state index contributed by atoms with van der Waals surface area (Å²) in [5, 5.41) is 6.25. The summed E-state index contributed by atoms with van der Waals surface area (Å²) in [5.41, 5.74) is 2.42. The Morgan fingerprint density at radius 3 is 2.68 bits per heavy atom. The standard InChI is InChI=1S/C16H23ClN2/c1-4-19-16-8-6-5-7-14(16)15(18-19)10-9-13(17)11-12(2)3/h5-8,12-13H,4,9-11H2,1-3H3. The van der Waals surface area contributed by atoms with Crippen LogP contribution in [0.3, 0.4) is 0 Å². The second-order valence-corrected chi connectivity index (χ2v) is 6.16. The number of benzene rings is 1. The highest BCUT2D eigenvalue weighted by Gasteiger charge is 2.12. The van der Waals surface area contributed by atoms with E-state index >= 15 is 0 Å². The van der Waals surface area contributed by atoms with E-state index in [9.17, 15) is 0 Å². The van der Waals surface area contributed by atoms with Gasteiger partial charge in [-0.25, -0.2) is 0 Å². The van der Waals surface area contributed by atoms with E-state index in [0.29, 0.717) is 5.92 Å². The quantitative estimate of drug-likeness (QED) is 0.704. The van der Waals surface area contributed by atoms with Crippen LogP contribution in [0.4, 0.5) is 0 Å². The summed E-state index contributed by atoms with van der Waals surface area (Å²) in [4.78, 5) is 0. The van der Waals surface area contributed by atoms with Crippen LogP contribution in [-0.4, -0.2) is 15.2 Å². The largest absolute Gasteiger partial charge is 0.265 e. The molecule has 1 aromatic carbocycles. The molecule has 2 aromatic rings. The van der Waals surface area contributed by atoms with E-state index in [1.54, 1.807) is 0 Å². The van der Waals surface area contributed by atoms with Crippen molar-refractivity contribution in [2.24, 2.45) is 5.92 Å². The van der Waals surface area contributed by atoms with Crippen molar-refractivity contribution in [3.05, 3.63) is 30.0 Å². The molecule has 0 radical (unpaired) electrons. The Labute approximate surface area is 120 Å². The van der Waals surface area contributed by atoms with Crippen molar-refractivity contribution in [2.75, 3.05) is 0 Å². The molecule has 2 nitrogen and oxygen atoms in total. The Kier molecular flexibility index (Phi) is 4.87. The van der Waals surface area contributed by atoms with Crippen molar-refractivity contribution in [3.63, 3.8) is 0 Å². The molecule has 0 fully saturated rings. The number of para-hydroxylation sites is 1. The first-order valence-electron chi connectivity index (χ1n) is 7.20. The third kappa shape index (κ3) is 3.50. The first kappa shape index (κ1) is 14.4. The molecule has 1 heterocycles. The molecule has 0 saturated heterocycles. The van der Waals surface area contributed by atoms with Gasteiger partial charge in [0, 0.05) is 17.3 Å². The van der Waals surface area contributed by atoms with Gasteiger partial charge in [-0.05, 0) is 38.2 Å². The summed E-state index contributed by atoms with van der Waals surface area (Å²) in [7, 11) is 0. The minimum absolute atomic E-state index is 0.255. The highest BCUT2D eigenvalue weighted by atomic mass is 35.5. The van der Waals surface area contributed by atoms with E-state index in [1.807, 2.05) is 0 Å². The molecule has 0 N–H and O–H groups in total. The van der Waals surface area contributed by atoms with Gasteiger partial charge in [-0.3, -0.25) is 4.68 Å². The van der Waals surface area contributed by atoms with Gasteiger partial charge in [0.25, 0.3) is 0 Å². The molecule has 0 aliphatic rings. The van der Waals surface area contributed by atoms with Gasteiger partial charge in [0.05, 0.1) is 11.2 Å². The molecule has 0 bridgehead atoms. The second kappa shape index (κ2) is 6.42. The maximum atomic E-state index is 6.38. The third-order valence-electron chi connectivity index (χ3n) is 3.46. The third-order valence-corrected chi connectivity index (χ3v) is 3.85. The fourth-order valence-corrected chi connectivity index (χ4v) is 3.01. The van der Waals surface area contributed by atoms with Crippen LogP contribution in [0.2, 0.25) is 0 Å². The van der Waals surface area contributed by atoms with Crippen molar-refractivity contribution >= 4 is 22.5 Å². The minimum Gasteiger partial charge on any atom is -0.265 e. The fourth-order valence-electron chi connectivity index (χ4n) is 2.54. The lowest BCUT2D eigenvalue weighted by Gasteiger charge is -2.10. The molecule has 1 aromatic heterocycles. The lowest BCUT2D eigenvalue weighted by atomic mass is 10.0. The van der Waals surface area contributed by atoms with Crippen LogP contribution in [0.25, 0.3) is 10.9 Å². The summed E-state index contributed by atoms with van der Waals surface area (Å²) in [5.74, 6) is 0.660. The van der Waals surface area contributed by atoms with Gasteiger partial charge >= 0.3 is 0 Å². The molecule has 1 unspecified atom stereocenters. The van der Waals surface area contributed by atoms with Crippen LogP contribution in [-0.2, 0) is 13.0 Å². The van der Waals surface area contributed by atoms with Crippen molar-refractivity contribution in [1.29, 1.82) is 0 Å². The van der Waals surface area contributed by atoms with Gasteiger partial charge in [-0.1, -0.05) is 32.0 Å². The molecule has 3 heteroatoms. The summed E-state index contributed by atoms with van der Waals surface area (Å²) >= 11 is 6.38. The zero-order valence-corrected chi connectivity index (χ0v) is 12.8. The smallest absolute Gasteiger partial charge is 0.0703 e. The van der Waals surface area contributed by atoms with Crippen molar-refractivity contribution in [2.45, 2.75) is 52.0 Å². The molecule has 1 atom stereocenters. The SMILES string of the molecule is CCn1nc(CCC(Cl)CC(C)C)c2ccccc21. The number of aromatic nitrogens is 2. The monoisotopic (exact) mass is 278 g/mol. The molecule has 0 aliphatic heterocycles. The zero-order valence-electron chi connectivity index (χ0n) is 12.1. The van der Waals surface area contributed by atoms with Crippen LogP contribution in [0.15, 0.2) is 24.3 Å². The number of alkyl halides is 1. The van der Waals surface area contributed by atoms with E-state index in [0.717, 1.165) is 25.8 Å². The molecule has 0 saturated carbocycles. The van der Waals surface area contributed by atoms with Crippen LogP contribution in [0.5, 0.6) is 0 Å². The zero-order chi connectivity index (χ0) is 13.8. The van der Waals surface area contributed by atoms with Crippen molar-refractivity contribution in [3.8, 4) is 0 Å². The first-order valence-corrected chi connectivity index (χ1v) is 7.64. The normalized spacial score (nSPS) is 13.3. The minimum atomic E-state index is 0.255. The van der Waals surface area contributed by atoms with Crippen molar-refractivity contribution < 1.29 is 0 Å². The Morgan fingerprint density at radius 1 is 1.26 bits per heavy atom. The van der Waals surface area contributed by atoms with Gasteiger partial charge in [-0.2, -0.15) is 5.10 Å². The molecule has 0 spiro atoms. The van der Waals surface area contributed by atoms with E-state index in [1.165, 1.54) is 16.6 Å². The van der Waals surface area contributed by atoms with E-state index in [2.05, 4.69) is 49.7 Å². The van der Waals surface area contributed by atoms with Crippen molar-refractivity contribution in [1.82, 2.24) is 9.78 Å². The molecule has 0 amide bonds. The molecule has 2 rings (SSSR count). The van der Waals surface area contributed by atoms with E-state index in [4.69, 9.17) is 16.7 Å². The van der Waals surface area contributed by atoms with Gasteiger partial charge in [0.2, 0.25) is 0 Å². The van der Waals surface area contributed by atoms with E-state index in [-0.39, 0.29) is 5.38 Å². The highest BCUT2D eigenvalue weighted by molar-refractivity contribution is 6.20. The molecule has 19 heavy (non-hydrogen) atoms. The number of rotatable bonds is 6. The van der Waals surface area contributed by atoms with Gasteiger partial charge in [0.1, 0.15) is 0 Å². The topological polar surface area (TPSA) is 17.8 Å². The lowest BCUT2D eigenvalue weighted by molar-refractivity contribution is 0.541. The summed E-state index contributed by atoms with van der Waals surface area (Å²) in [6.07, 6.45) is 3.05. The lowest BCUT2D eigenvalue weighted by Crippen LogP contribution is -2.05. The predicted octanol–water partition coefficient (Wildman–Crippen LogP) is 4.64. The summed E-state index contributed by atoms with van der Waals surface area (Å²) in [6.45, 7) is 7.48. The number of aryl methyl sites for hydroxylation is 2. The van der Waals surface area contributed by atoms with E-state index < -0.39 is 0 Å². The number of hydrogen-bond acceptors (Lipinski definition) is 1. The Morgan fingerprint density at radius 2 is 2.00 bits per heavy atom. The van der Waals surface area contributed by atoms with Gasteiger partial charge < -0.3 is 0 Å². The number of nitrogens with zero attached hydrogens (tertiary/aromatic N) is 2. The van der Waals surface area contributed by atoms with Crippen LogP contribution >= 0.6 is 11.6 Å². The predicted molar refractivity (Wildman–Crippen MR) is 82.8 cm³/mol. The second-order valence-electron chi connectivity index (χ2n) is 5.55. The summed E-state index contributed by atoms with van der Waals surface area (Å²) in [6, 6.07) is 8.46. The highest BCUT2D eigenvalue weighted by Crippen LogP contribution is 2.22. The molecular weight excluding hydrogens is 256 g/mol. The molecule has 104 valence electrons. The number of fused-ring (bicyclic) bond motifs is 1. The number of halogens is 1.